The topological polar surface area (TPSA) is 15.3 Å². The molecule has 0 unspecified atom stereocenters. The van der Waals surface area contributed by atoms with Crippen LogP contribution >= 0.6 is 11.6 Å². The Morgan fingerprint density at radius 2 is 1.68 bits per heavy atom. The molecule has 22 heavy (non-hydrogen) atoms. The molecule has 2 aliphatic rings. The fourth-order valence-electron chi connectivity index (χ4n) is 3.94. The van der Waals surface area contributed by atoms with Gasteiger partial charge < -0.3 is 5.32 Å². The summed E-state index contributed by atoms with van der Waals surface area (Å²) in [5, 5.41) is 3.29. The lowest BCUT2D eigenvalue weighted by atomic mass is 9.80. The molecule has 3 rings (SSSR count). The summed E-state index contributed by atoms with van der Waals surface area (Å²) in [6, 6.07) is 2.23. The van der Waals surface area contributed by atoms with Gasteiger partial charge in [0.2, 0.25) is 0 Å². The highest BCUT2D eigenvalue weighted by Gasteiger charge is 2.34. The summed E-state index contributed by atoms with van der Waals surface area (Å²) in [6.45, 7) is 3.48. The van der Waals surface area contributed by atoms with E-state index in [1.54, 1.807) is 0 Å². The molecule has 1 aliphatic heterocycles. The minimum Gasteiger partial charge on any atom is -0.314 e. The lowest BCUT2D eigenvalue weighted by Crippen LogP contribution is -2.47. The van der Waals surface area contributed by atoms with Crippen LogP contribution < -0.4 is 5.32 Å². The lowest BCUT2D eigenvalue weighted by Gasteiger charge is -2.41. The Hall–Kier alpha value is -0.710. The van der Waals surface area contributed by atoms with E-state index in [-0.39, 0.29) is 16.9 Å². The van der Waals surface area contributed by atoms with Crippen molar-refractivity contribution in [1.29, 1.82) is 0 Å². The molecule has 1 aromatic carbocycles. The normalized spacial score (nSPS) is 22.7. The monoisotopic (exact) mass is 328 g/mol. The molecule has 122 valence electrons. The molecule has 1 atom stereocenters. The first kappa shape index (κ1) is 16.2. The van der Waals surface area contributed by atoms with Crippen molar-refractivity contribution in [3.8, 4) is 0 Å². The van der Waals surface area contributed by atoms with Gasteiger partial charge in [-0.15, -0.1) is 0 Å². The van der Waals surface area contributed by atoms with Crippen LogP contribution in [0.3, 0.4) is 0 Å². The van der Waals surface area contributed by atoms with Gasteiger partial charge in [0.15, 0.2) is 0 Å². The van der Waals surface area contributed by atoms with Crippen molar-refractivity contribution in [2.45, 2.75) is 38.1 Å². The van der Waals surface area contributed by atoms with Crippen LogP contribution in [0, 0.1) is 17.6 Å². The molecular weight excluding hydrogens is 306 g/mol. The van der Waals surface area contributed by atoms with Gasteiger partial charge in [-0.2, -0.15) is 0 Å². The van der Waals surface area contributed by atoms with Crippen molar-refractivity contribution in [2.24, 2.45) is 5.92 Å². The Morgan fingerprint density at radius 1 is 1.05 bits per heavy atom. The largest absolute Gasteiger partial charge is 0.314 e. The van der Waals surface area contributed by atoms with Crippen LogP contribution in [0.2, 0.25) is 5.02 Å². The summed E-state index contributed by atoms with van der Waals surface area (Å²) >= 11 is 6.17. The zero-order valence-corrected chi connectivity index (χ0v) is 13.5. The van der Waals surface area contributed by atoms with Crippen LogP contribution in [-0.2, 0) is 0 Å². The van der Waals surface area contributed by atoms with Crippen LogP contribution in [0.5, 0.6) is 0 Å². The van der Waals surface area contributed by atoms with E-state index in [0.29, 0.717) is 11.5 Å². The van der Waals surface area contributed by atoms with Crippen molar-refractivity contribution in [3.05, 3.63) is 34.4 Å². The summed E-state index contributed by atoms with van der Waals surface area (Å²) in [7, 11) is 0. The Labute approximate surface area is 135 Å². The SMILES string of the molecule is Fc1ccc(F)c([C@H](C2CCCCC2)N2CCNCC2)c1Cl. The first-order chi connectivity index (χ1) is 10.7. The number of halogens is 3. The second kappa shape index (κ2) is 7.24. The summed E-state index contributed by atoms with van der Waals surface area (Å²) in [6.07, 6.45) is 5.72. The molecule has 0 aromatic heterocycles. The molecule has 2 fully saturated rings. The van der Waals surface area contributed by atoms with Gasteiger partial charge in [0.25, 0.3) is 0 Å². The third-order valence-corrected chi connectivity index (χ3v) is 5.40. The van der Waals surface area contributed by atoms with Gasteiger partial charge in [0.05, 0.1) is 5.02 Å². The first-order valence-electron chi connectivity index (χ1n) is 8.26. The molecular formula is C17H23ClF2N2. The van der Waals surface area contributed by atoms with Crippen molar-refractivity contribution in [3.63, 3.8) is 0 Å². The Bertz CT molecular complexity index is 494. The van der Waals surface area contributed by atoms with Crippen molar-refractivity contribution >= 4 is 11.6 Å². The molecule has 0 radical (unpaired) electrons. The van der Waals surface area contributed by atoms with Gasteiger partial charge in [-0.1, -0.05) is 30.9 Å². The number of benzene rings is 1. The fourth-order valence-corrected chi connectivity index (χ4v) is 4.21. The molecule has 5 heteroatoms. The zero-order valence-electron chi connectivity index (χ0n) is 12.8. The van der Waals surface area contributed by atoms with Gasteiger partial charge in [-0.05, 0) is 30.9 Å². The van der Waals surface area contributed by atoms with E-state index in [9.17, 15) is 8.78 Å². The number of nitrogens with zero attached hydrogens (tertiary/aromatic N) is 1. The van der Waals surface area contributed by atoms with Crippen molar-refractivity contribution < 1.29 is 8.78 Å². The minimum absolute atomic E-state index is 0.0332. The zero-order chi connectivity index (χ0) is 15.5. The number of rotatable bonds is 3. The van der Waals surface area contributed by atoms with Gasteiger partial charge in [-0.25, -0.2) is 8.78 Å². The molecule has 1 saturated carbocycles. The van der Waals surface area contributed by atoms with Crippen LogP contribution in [0.4, 0.5) is 8.78 Å². The fraction of sp³-hybridized carbons (Fsp3) is 0.647. The number of hydrogen-bond acceptors (Lipinski definition) is 2. The summed E-state index contributed by atoms with van der Waals surface area (Å²) in [4.78, 5) is 2.29. The molecule has 1 aliphatic carbocycles. The molecule has 0 spiro atoms. The summed E-state index contributed by atoms with van der Waals surface area (Å²) < 4.78 is 28.4. The second-order valence-electron chi connectivity index (χ2n) is 6.39. The summed E-state index contributed by atoms with van der Waals surface area (Å²) in [5.41, 5.74) is 0.371. The number of nitrogens with one attached hydrogen (secondary N) is 1. The molecule has 1 saturated heterocycles. The van der Waals surface area contributed by atoms with Crippen LogP contribution in [0.1, 0.15) is 43.7 Å². The van der Waals surface area contributed by atoms with Gasteiger partial charge >= 0.3 is 0 Å². The quantitative estimate of drug-likeness (QED) is 0.839. The molecule has 1 aromatic rings. The predicted molar refractivity (Wildman–Crippen MR) is 85.1 cm³/mol. The van der Waals surface area contributed by atoms with E-state index < -0.39 is 5.82 Å². The first-order valence-corrected chi connectivity index (χ1v) is 8.64. The maximum absolute atomic E-state index is 14.5. The number of hydrogen-bond donors (Lipinski definition) is 1. The third kappa shape index (κ3) is 3.29. The maximum atomic E-state index is 14.5. The maximum Gasteiger partial charge on any atom is 0.142 e. The summed E-state index contributed by atoms with van der Waals surface area (Å²) in [5.74, 6) is -0.532. The highest BCUT2D eigenvalue weighted by Crippen LogP contribution is 2.42. The van der Waals surface area contributed by atoms with E-state index in [1.165, 1.54) is 25.3 Å². The van der Waals surface area contributed by atoms with E-state index in [2.05, 4.69) is 10.2 Å². The van der Waals surface area contributed by atoms with Crippen LogP contribution in [-0.4, -0.2) is 31.1 Å². The predicted octanol–water partition coefficient (Wildman–Crippen LogP) is 4.14. The van der Waals surface area contributed by atoms with Crippen LogP contribution in [0.25, 0.3) is 0 Å². The molecule has 0 bridgehead atoms. The van der Waals surface area contributed by atoms with E-state index in [4.69, 9.17) is 11.6 Å². The molecule has 2 nitrogen and oxygen atoms in total. The smallest absolute Gasteiger partial charge is 0.142 e. The van der Waals surface area contributed by atoms with Crippen molar-refractivity contribution in [1.82, 2.24) is 10.2 Å². The third-order valence-electron chi connectivity index (χ3n) is 5.02. The molecule has 0 amide bonds. The average molecular weight is 329 g/mol. The van der Waals surface area contributed by atoms with Gasteiger partial charge in [0, 0.05) is 37.8 Å². The van der Waals surface area contributed by atoms with Crippen LogP contribution in [0.15, 0.2) is 12.1 Å². The standard InChI is InChI=1S/C17H23ClF2N2/c18-16-14(20)7-6-13(19)15(16)17(12-4-2-1-3-5-12)22-10-8-21-9-11-22/h6-7,12,17,21H,1-5,8-11H2/t17-/m0/s1. The van der Waals surface area contributed by atoms with E-state index >= 15 is 0 Å². The highest BCUT2D eigenvalue weighted by atomic mass is 35.5. The highest BCUT2D eigenvalue weighted by molar-refractivity contribution is 6.31. The molecule has 1 N–H and O–H groups in total. The molecule has 1 heterocycles. The van der Waals surface area contributed by atoms with E-state index in [1.807, 2.05) is 0 Å². The Balaban J connectivity index is 1.98. The Kier molecular flexibility index (Phi) is 5.32. The second-order valence-corrected chi connectivity index (χ2v) is 6.76. The minimum atomic E-state index is -0.519. The van der Waals surface area contributed by atoms with Gasteiger partial charge in [-0.3, -0.25) is 4.90 Å². The van der Waals surface area contributed by atoms with E-state index in [0.717, 1.165) is 45.1 Å². The average Bonchev–Trinajstić information content (AvgIpc) is 2.57. The van der Waals surface area contributed by atoms with Crippen molar-refractivity contribution in [2.75, 3.05) is 26.2 Å². The van der Waals surface area contributed by atoms with Gasteiger partial charge in [0.1, 0.15) is 11.6 Å². The lowest BCUT2D eigenvalue weighted by molar-refractivity contribution is 0.100. The number of piperazine rings is 1. The Morgan fingerprint density at radius 3 is 2.36 bits per heavy atom.